The molecule has 1 saturated carbocycles. The molecule has 80 valence electrons. The number of likely N-dealkylation sites (tertiary alicyclic amines) is 1. The third-order valence-electron chi connectivity index (χ3n) is 3.87. The van der Waals surface area contributed by atoms with Gasteiger partial charge in [0.1, 0.15) is 0 Å². The van der Waals surface area contributed by atoms with Gasteiger partial charge in [-0.3, -0.25) is 14.5 Å². The molecule has 0 aromatic carbocycles. The molecule has 4 atom stereocenters. The molecular formula is C11H12ClNO2. The fourth-order valence-electron chi connectivity index (χ4n) is 3.27. The van der Waals surface area contributed by atoms with Crippen LogP contribution in [0.25, 0.3) is 0 Å². The summed E-state index contributed by atoms with van der Waals surface area (Å²) in [6, 6.07) is 0. The van der Waals surface area contributed by atoms with E-state index in [9.17, 15) is 9.59 Å². The molecule has 0 spiro atoms. The lowest BCUT2D eigenvalue weighted by Gasteiger charge is -2.15. The van der Waals surface area contributed by atoms with Gasteiger partial charge in [-0.05, 0) is 18.3 Å². The molecule has 2 fully saturated rings. The van der Waals surface area contributed by atoms with E-state index in [0.717, 1.165) is 6.42 Å². The number of imide groups is 1. The highest BCUT2D eigenvalue weighted by molar-refractivity contribution is 6.18. The highest BCUT2D eigenvalue weighted by atomic mass is 35.5. The molecule has 2 bridgehead atoms. The van der Waals surface area contributed by atoms with Crippen molar-refractivity contribution < 1.29 is 9.59 Å². The molecule has 2 aliphatic carbocycles. The van der Waals surface area contributed by atoms with E-state index < -0.39 is 0 Å². The second kappa shape index (κ2) is 3.08. The summed E-state index contributed by atoms with van der Waals surface area (Å²) in [6.45, 7) is 0.367. The number of nitrogens with zero attached hydrogens (tertiary/aromatic N) is 1. The normalized spacial score (nSPS) is 41.8. The summed E-state index contributed by atoms with van der Waals surface area (Å²) in [5.41, 5.74) is 0. The number of allylic oxidation sites excluding steroid dienone is 2. The largest absolute Gasteiger partial charge is 0.281 e. The van der Waals surface area contributed by atoms with Crippen molar-refractivity contribution in [1.29, 1.82) is 0 Å². The minimum absolute atomic E-state index is 0.00231. The van der Waals surface area contributed by atoms with Crippen molar-refractivity contribution in [2.75, 3.05) is 12.4 Å². The first kappa shape index (κ1) is 9.40. The van der Waals surface area contributed by atoms with Gasteiger partial charge in [-0.15, -0.1) is 11.6 Å². The van der Waals surface area contributed by atoms with Crippen molar-refractivity contribution in [3.05, 3.63) is 12.2 Å². The van der Waals surface area contributed by atoms with E-state index in [1.165, 1.54) is 4.90 Å². The number of halogens is 1. The van der Waals surface area contributed by atoms with Gasteiger partial charge in [0.25, 0.3) is 0 Å². The highest BCUT2D eigenvalue weighted by Crippen LogP contribution is 2.52. The number of hydrogen-bond donors (Lipinski definition) is 0. The van der Waals surface area contributed by atoms with Crippen molar-refractivity contribution >= 4 is 23.4 Å². The molecule has 1 heterocycles. The van der Waals surface area contributed by atoms with Crippen LogP contribution < -0.4 is 0 Å². The maximum Gasteiger partial charge on any atom is 0.233 e. The Balaban J connectivity index is 1.93. The molecule has 3 rings (SSSR count). The van der Waals surface area contributed by atoms with Gasteiger partial charge < -0.3 is 0 Å². The van der Waals surface area contributed by atoms with Crippen LogP contribution in [0.15, 0.2) is 12.2 Å². The minimum Gasteiger partial charge on any atom is -0.281 e. The Morgan fingerprint density at radius 1 is 1.20 bits per heavy atom. The lowest BCUT2D eigenvalue weighted by Crippen LogP contribution is -2.34. The van der Waals surface area contributed by atoms with Crippen LogP contribution in [0.3, 0.4) is 0 Å². The topological polar surface area (TPSA) is 37.4 Å². The van der Waals surface area contributed by atoms with Crippen LogP contribution >= 0.6 is 11.6 Å². The smallest absolute Gasteiger partial charge is 0.233 e. The molecule has 1 saturated heterocycles. The van der Waals surface area contributed by atoms with Gasteiger partial charge in [-0.1, -0.05) is 12.2 Å². The number of rotatable bonds is 2. The monoisotopic (exact) mass is 225 g/mol. The lowest BCUT2D eigenvalue weighted by molar-refractivity contribution is -0.140. The van der Waals surface area contributed by atoms with Crippen LogP contribution in [0, 0.1) is 23.7 Å². The van der Waals surface area contributed by atoms with E-state index in [1.54, 1.807) is 0 Å². The van der Waals surface area contributed by atoms with Gasteiger partial charge >= 0.3 is 0 Å². The number of carbonyl (C=O) groups excluding carboxylic acids is 2. The van der Waals surface area contributed by atoms with E-state index in [1.807, 2.05) is 0 Å². The van der Waals surface area contributed by atoms with Crippen molar-refractivity contribution in [2.45, 2.75) is 6.42 Å². The van der Waals surface area contributed by atoms with Crippen LogP contribution in [-0.4, -0.2) is 29.1 Å². The standard InChI is InChI=1S/C11H12ClNO2/c12-3-4-13-10(14)8-6-1-2-7(5-6)9(8)11(13)15/h1-2,6-9H,3-5H2/t6-,7+,8-,9-/m1/s1. The second-order valence-electron chi connectivity index (χ2n) is 4.52. The van der Waals surface area contributed by atoms with Crippen LogP contribution in [0.5, 0.6) is 0 Å². The SMILES string of the molecule is O=C1[C@H]2[C@H](C(=O)N1CCCl)[C@H]1C=C[C@@H]2C1. The summed E-state index contributed by atoms with van der Waals surface area (Å²) in [4.78, 5) is 25.3. The summed E-state index contributed by atoms with van der Waals surface area (Å²) in [5.74, 6) is 0.796. The molecule has 3 nitrogen and oxygen atoms in total. The lowest BCUT2D eigenvalue weighted by atomic mass is 9.85. The predicted molar refractivity (Wildman–Crippen MR) is 55.2 cm³/mol. The van der Waals surface area contributed by atoms with E-state index in [-0.39, 0.29) is 23.7 Å². The number of hydrogen-bond acceptors (Lipinski definition) is 2. The Labute approximate surface area is 93.1 Å². The second-order valence-corrected chi connectivity index (χ2v) is 4.89. The van der Waals surface area contributed by atoms with Crippen molar-refractivity contribution in [3.8, 4) is 0 Å². The van der Waals surface area contributed by atoms with Crippen LogP contribution in [0.4, 0.5) is 0 Å². The third kappa shape index (κ3) is 1.07. The molecule has 15 heavy (non-hydrogen) atoms. The van der Waals surface area contributed by atoms with Gasteiger partial charge in [0.15, 0.2) is 0 Å². The average molecular weight is 226 g/mol. The van der Waals surface area contributed by atoms with E-state index >= 15 is 0 Å². The van der Waals surface area contributed by atoms with E-state index in [4.69, 9.17) is 11.6 Å². The van der Waals surface area contributed by atoms with Crippen LogP contribution in [-0.2, 0) is 9.59 Å². The van der Waals surface area contributed by atoms with Gasteiger partial charge in [0, 0.05) is 12.4 Å². The minimum atomic E-state index is -0.0734. The first-order chi connectivity index (χ1) is 7.24. The van der Waals surface area contributed by atoms with Gasteiger partial charge in [-0.25, -0.2) is 0 Å². The van der Waals surface area contributed by atoms with E-state index in [2.05, 4.69) is 12.2 Å². The van der Waals surface area contributed by atoms with E-state index in [0.29, 0.717) is 24.3 Å². The zero-order valence-corrected chi connectivity index (χ0v) is 8.98. The third-order valence-corrected chi connectivity index (χ3v) is 4.04. The average Bonchev–Trinajstić information content (AvgIpc) is 2.87. The molecule has 3 aliphatic rings. The zero-order valence-electron chi connectivity index (χ0n) is 8.23. The van der Waals surface area contributed by atoms with Gasteiger partial charge in [0.05, 0.1) is 11.8 Å². The Morgan fingerprint density at radius 3 is 2.20 bits per heavy atom. The molecule has 1 aliphatic heterocycles. The summed E-state index contributed by atoms with van der Waals surface area (Å²) >= 11 is 5.60. The molecular weight excluding hydrogens is 214 g/mol. The molecule has 4 heteroatoms. The fourth-order valence-corrected chi connectivity index (χ4v) is 3.44. The first-order valence-electron chi connectivity index (χ1n) is 5.33. The van der Waals surface area contributed by atoms with Crippen molar-refractivity contribution in [1.82, 2.24) is 4.90 Å². The molecule has 0 aromatic heterocycles. The Bertz CT molecular complexity index is 336. The predicted octanol–water partition coefficient (Wildman–Crippen LogP) is 1.03. The Hall–Kier alpha value is -0.830. The number of carbonyl (C=O) groups is 2. The fraction of sp³-hybridized carbons (Fsp3) is 0.636. The molecule has 0 N–H and O–H groups in total. The van der Waals surface area contributed by atoms with Gasteiger partial charge in [0.2, 0.25) is 11.8 Å². The summed E-state index contributed by atoms with van der Waals surface area (Å²) in [7, 11) is 0. The Kier molecular flexibility index (Phi) is 1.93. The highest BCUT2D eigenvalue weighted by Gasteiger charge is 2.58. The van der Waals surface area contributed by atoms with Crippen LogP contribution in [0.2, 0.25) is 0 Å². The molecule has 2 amide bonds. The maximum atomic E-state index is 12.0. The summed E-state index contributed by atoms with van der Waals surface area (Å²) in [6.07, 6.45) is 5.18. The van der Waals surface area contributed by atoms with Crippen molar-refractivity contribution in [3.63, 3.8) is 0 Å². The zero-order chi connectivity index (χ0) is 10.6. The maximum absolute atomic E-state index is 12.0. The Morgan fingerprint density at radius 2 is 1.73 bits per heavy atom. The molecule has 0 aromatic rings. The van der Waals surface area contributed by atoms with Crippen LogP contribution in [0.1, 0.15) is 6.42 Å². The molecule has 0 unspecified atom stereocenters. The van der Waals surface area contributed by atoms with Crippen molar-refractivity contribution in [2.24, 2.45) is 23.7 Å². The number of alkyl halides is 1. The number of amides is 2. The summed E-state index contributed by atoms with van der Waals surface area (Å²) < 4.78 is 0. The quantitative estimate of drug-likeness (QED) is 0.400. The number of fused-ring (bicyclic) bond motifs is 5. The first-order valence-corrected chi connectivity index (χ1v) is 5.87. The molecule has 0 radical (unpaired) electrons. The summed E-state index contributed by atoms with van der Waals surface area (Å²) in [5, 5.41) is 0. The van der Waals surface area contributed by atoms with Gasteiger partial charge in [-0.2, -0.15) is 0 Å².